The van der Waals surface area contributed by atoms with Gasteiger partial charge in [-0.25, -0.2) is 4.98 Å². The molecule has 0 radical (unpaired) electrons. The highest BCUT2D eigenvalue weighted by Gasteiger charge is 2.24. The predicted octanol–water partition coefficient (Wildman–Crippen LogP) is 3.48. The summed E-state index contributed by atoms with van der Waals surface area (Å²) in [5, 5.41) is 2.02. The molecule has 6 heteroatoms. The topological polar surface area (TPSA) is 37.6 Å². The lowest BCUT2D eigenvalue weighted by molar-refractivity contribution is 0.0688. The van der Waals surface area contributed by atoms with Crippen molar-refractivity contribution >= 4 is 43.9 Å². The zero-order valence-corrected chi connectivity index (χ0v) is 12.8. The number of carbonyl (C=O) groups excluding carboxylic acids is 1. The fraction of sp³-hybridized carbons (Fsp3) is 0.429. The number of carbonyl (C=O) groups is 1. The normalized spacial score (nSPS) is 20.1. The Morgan fingerprint density at radius 3 is 3.25 bits per heavy atom. The van der Waals surface area contributed by atoms with Crippen LogP contribution in [0.1, 0.15) is 29.4 Å². The average Bonchev–Trinajstić information content (AvgIpc) is 3.08. The van der Waals surface area contributed by atoms with Gasteiger partial charge in [-0.1, -0.05) is 6.92 Å². The summed E-state index contributed by atoms with van der Waals surface area (Å²) in [6.45, 7) is 3.99. The summed E-state index contributed by atoms with van der Waals surface area (Å²) in [4.78, 5) is 21.9. The number of piperidine rings is 1. The molecule has 4 nitrogen and oxygen atoms in total. The second kappa shape index (κ2) is 4.56. The molecule has 1 amide bonds. The van der Waals surface area contributed by atoms with Crippen molar-refractivity contribution in [1.82, 2.24) is 14.3 Å². The third-order valence-electron chi connectivity index (χ3n) is 3.89. The molecular weight excluding hydrogens is 290 g/mol. The van der Waals surface area contributed by atoms with E-state index < -0.39 is 0 Å². The summed E-state index contributed by atoms with van der Waals surface area (Å²) < 4.78 is 2.06. The maximum atomic E-state index is 12.6. The van der Waals surface area contributed by atoms with Crippen molar-refractivity contribution in [1.29, 1.82) is 0 Å². The lowest BCUT2D eigenvalue weighted by Crippen LogP contribution is -2.38. The second-order valence-electron chi connectivity index (χ2n) is 5.47. The Morgan fingerprint density at radius 1 is 1.50 bits per heavy atom. The highest BCUT2D eigenvalue weighted by Crippen LogP contribution is 2.29. The maximum Gasteiger partial charge on any atom is 0.264 e. The quantitative estimate of drug-likeness (QED) is 0.690. The Labute approximate surface area is 124 Å². The minimum Gasteiger partial charge on any atom is -0.338 e. The average molecular weight is 305 g/mol. The van der Waals surface area contributed by atoms with Gasteiger partial charge in [-0.3, -0.25) is 9.20 Å². The monoisotopic (exact) mass is 305 g/mol. The molecule has 1 aliphatic rings. The van der Waals surface area contributed by atoms with Crippen LogP contribution >= 0.6 is 22.7 Å². The molecule has 3 aromatic rings. The van der Waals surface area contributed by atoms with Gasteiger partial charge in [-0.2, -0.15) is 0 Å². The Balaban J connectivity index is 1.70. The maximum absolute atomic E-state index is 12.6. The van der Waals surface area contributed by atoms with Crippen molar-refractivity contribution < 1.29 is 4.79 Å². The zero-order valence-electron chi connectivity index (χ0n) is 11.2. The molecule has 1 aliphatic heterocycles. The number of rotatable bonds is 1. The molecule has 4 rings (SSSR count). The summed E-state index contributed by atoms with van der Waals surface area (Å²) >= 11 is 3.14. The lowest BCUT2D eigenvalue weighted by Gasteiger charge is -2.30. The molecule has 3 aromatic heterocycles. The molecule has 1 saturated heterocycles. The van der Waals surface area contributed by atoms with Gasteiger partial charge in [0, 0.05) is 24.7 Å². The molecule has 104 valence electrons. The number of nitrogens with zero attached hydrogens (tertiary/aromatic N) is 3. The molecule has 0 bridgehead atoms. The van der Waals surface area contributed by atoms with Crippen molar-refractivity contribution in [3.8, 4) is 0 Å². The van der Waals surface area contributed by atoms with E-state index >= 15 is 0 Å². The van der Waals surface area contributed by atoms with Crippen molar-refractivity contribution in [2.24, 2.45) is 5.92 Å². The molecule has 4 heterocycles. The summed E-state index contributed by atoms with van der Waals surface area (Å²) in [6, 6.07) is 1.99. The smallest absolute Gasteiger partial charge is 0.264 e. The highest BCUT2D eigenvalue weighted by atomic mass is 32.1. The van der Waals surface area contributed by atoms with E-state index in [0.29, 0.717) is 5.92 Å². The molecular formula is C14H15N3OS2. The number of thiazole rings is 1. The van der Waals surface area contributed by atoms with Crippen LogP contribution in [-0.4, -0.2) is 33.3 Å². The minimum atomic E-state index is 0.170. The molecule has 0 unspecified atom stereocenters. The number of likely N-dealkylation sites (tertiary alicyclic amines) is 1. The van der Waals surface area contributed by atoms with E-state index in [1.807, 2.05) is 22.5 Å². The summed E-state index contributed by atoms with van der Waals surface area (Å²) in [5.41, 5.74) is 1.06. The molecule has 0 spiro atoms. The van der Waals surface area contributed by atoms with Crippen molar-refractivity contribution in [3.63, 3.8) is 0 Å². The van der Waals surface area contributed by atoms with E-state index in [-0.39, 0.29) is 5.91 Å². The van der Waals surface area contributed by atoms with Crippen molar-refractivity contribution in [3.05, 3.63) is 22.5 Å². The van der Waals surface area contributed by atoms with E-state index in [9.17, 15) is 4.79 Å². The van der Waals surface area contributed by atoms with Crippen LogP contribution in [0.2, 0.25) is 0 Å². The van der Waals surface area contributed by atoms with Gasteiger partial charge in [-0.15, -0.1) is 22.7 Å². The first-order valence-electron chi connectivity index (χ1n) is 6.87. The predicted molar refractivity (Wildman–Crippen MR) is 82.8 cm³/mol. The van der Waals surface area contributed by atoms with Gasteiger partial charge in [0.25, 0.3) is 5.91 Å². The third-order valence-corrected chi connectivity index (χ3v) is 5.66. The first-order valence-corrected chi connectivity index (χ1v) is 8.56. The first kappa shape index (κ1) is 12.3. The number of hydrogen-bond donors (Lipinski definition) is 0. The molecule has 0 aromatic carbocycles. The number of amides is 1. The Hall–Kier alpha value is -1.40. The van der Waals surface area contributed by atoms with Gasteiger partial charge in [0.05, 0.1) is 10.4 Å². The van der Waals surface area contributed by atoms with Crippen LogP contribution in [0.4, 0.5) is 0 Å². The highest BCUT2D eigenvalue weighted by molar-refractivity contribution is 7.21. The van der Waals surface area contributed by atoms with Crippen LogP contribution in [0, 0.1) is 5.92 Å². The van der Waals surface area contributed by atoms with E-state index in [1.54, 1.807) is 11.3 Å². The van der Waals surface area contributed by atoms with Gasteiger partial charge >= 0.3 is 0 Å². The molecule has 20 heavy (non-hydrogen) atoms. The number of fused-ring (bicyclic) bond motifs is 3. The van der Waals surface area contributed by atoms with Crippen molar-refractivity contribution in [2.75, 3.05) is 13.1 Å². The van der Waals surface area contributed by atoms with Crippen LogP contribution in [0.25, 0.3) is 15.3 Å². The molecule has 0 saturated carbocycles. The Morgan fingerprint density at radius 2 is 2.40 bits per heavy atom. The third kappa shape index (κ3) is 1.86. The summed E-state index contributed by atoms with van der Waals surface area (Å²) in [5.74, 6) is 0.783. The number of imidazole rings is 1. The Kier molecular flexibility index (Phi) is 2.82. The molecule has 1 atom stereocenters. The first-order chi connectivity index (χ1) is 9.72. The lowest BCUT2D eigenvalue weighted by atomic mass is 10.0. The van der Waals surface area contributed by atoms with Gasteiger partial charge in [0.1, 0.15) is 4.83 Å². The van der Waals surface area contributed by atoms with Gasteiger partial charge in [0.15, 0.2) is 4.96 Å². The van der Waals surface area contributed by atoms with Crippen LogP contribution in [0.3, 0.4) is 0 Å². The molecule has 0 N–H and O–H groups in total. The number of hydrogen-bond acceptors (Lipinski definition) is 4. The summed E-state index contributed by atoms with van der Waals surface area (Å²) in [7, 11) is 0. The van der Waals surface area contributed by atoms with Crippen LogP contribution in [-0.2, 0) is 0 Å². The van der Waals surface area contributed by atoms with E-state index in [2.05, 4.69) is 16.3 Å². The minimum absolute atomic E-state index is 0.170. The fourth-order valence-corrected chi connectivity index (χ4v) is 4.65. The standard InChI is InChI=1S/C14H15N3OS2/c1-9-3-2-4-16(8-9)13(18)11-7-10-12(20-11)15-14-17(10)5-6-19-14/h5-7,9H,2-4,8H2,1H3/t9-/m0/s1. The molecule has 0 aliphatic carbocycles. The van der Waals surface area contributed by atoms with Crippen molar-refractivity contribution in [2.45, 2.75) is 19.8 Å². The SMILES string of the molecule is C[C@H]1CCCN(C(=O)c2cc3c(nc4sccn43)s2)C1. The zero-order chi connectivity index (χ0) is 13.7. The van der Waals surface area contributed by atoms with Gasteiger partial charge < -0.3 is 4.90 Å². The number of thiophene rings is 1. The van der Waals surface area contributed by atoms with Crippen LogP contribution in [0.5, 0.6) is 0 Å². The Bertz CT molecular complexity index is 785. The van der Waals surface area contributed by atoms with Crippen LogP contribution < -0.4 is 0 Å². The van der Waals surface area contributed by atoms with Gasteiger partial charge in [0.2, 0.25) is 0 Å². The van der Waals surface area contributed by atoms with E-state index in [4.69, 9.17) is 0 Å². The summed E-state index contributed by atoms with van der Waals surface area (Å²) in [6.07, 6.45) is 4.36. The largest absolute Gasteiger partial charge is 0.338 e. The van der Waals surface area contributed by atoms with E-state index in [0.717, 1.165) is 39.7 Å². The van der Waals surface area contributed by atoms with Gasteiger partial charge in [-0.05, 0) is 24.8 Å². The second-order valence-corrected chi connectivity index (χ2v) is 7.37. The van der Waals surface area contributed by atoms with Crippen LogP contribution in [0.15, 0.2) is 17.6 Å². The fourth-order valence-electron chi connectivity index (χ4n) is 2.88. The number of aromatic nitrogens is 2. The molecule has 1 fully saturated rings. The van der Waals surface area contributed by atoms with E-state index in [1.165, 1.54) is 17.8 Å².